The molecule has 0 spiro atoms. The van der Waals surface area contributed by atoms with Crippen molar-refractivity contribution in [3.05, 3.63) is 60.2 Å². The summed E-state index contributed by atoms with van der Waals surface area (Å²) in [6.45, 7) is 2.01. The number of fused-ring (bicyclic) bond motifs is 2. The Labute approximate surface area is 168 Å². The fraction of sp³-hybridized carbons (Fsp3) is 0.458. The number of esters is 1. The molecule has 2 aromatic rings. The van der Waals surface area contributed by atoms with Crippen LogP contribution in [0, 0.1) is 11.8 Å². The van der Waals surface area contributed by atoms with E-state index in [4.69, 9.17) is 4.74 Å². The van der Waals surface area contributed by atoms with Crippen molar-refractivity contribution in [2.45, 2.75) is 25.0 Å². The second-order valence-electron chi connectivity index (χ2n) is 8.57. The van der Waals surface area contributed by atoms with Gasteiger partial charge in [-0.25, -0.2) is 4.79 Å². The van der Waals surface area contributed by atoms with E-state index in [0.717, 1.165) is 30.6 Å². The summed E-state index contributed by atoms with van der Waals surface area (Å²) in [5, 5.41) is 0. The number of ether oxygens (including phenoxy) is 1. The zero-order valence-electron chi connectivity index (χ0n) is 17.0. The highest BCUT2D eigenvalue weighted by atomic mass is 16.5. The molecule has 0 radical (unpaired) electrons. The Morgan fingerprint density at radius 3 is 2.32 bits per heavy atom. The van der Waals surface area contributed by atoms with Crippen LogP contribution in [-0.4, -0.2) is 62.1 Å². The number of benzene rings is 2. The Balaban J connectivity index is 1.49. The maximum Gasteiger partial charge on any atom is 0.338 e. The summed E-state index contributed by atoms with van der Waals surface area (Å²) in [4.78, 5) is 17.6. The monoisotopic (exact) mass is 378 g/mol. The van der Waals surface area contributed by atoms with E-state index in [1.807, 2.05) is 42.5 Å². The average molecular weight is 379 g/mol. The van der Waals surface area contributed by atoms with E-state index in [1.165, 1.54) is 6.42 Å². The molecule has 2 aliphatic rings. The summed E-state index contributed by atoms with van der Waals surface area (Å²) in [7, 11) is 6.46. The van der Waals surface area contributed by atoms with Crippen LogP contribution in [0.4, 0.5) is 0 Å². The van der Waals surface area contributed by atoms with E-state index in [1.54, 1.807) is 0 Å². The van der Waals surface area contributed by atoms with Gasteiger partial charge >= 0.3 is 5.97 Å². The minimum atomic E-state index is -0.191. The van der Waals surface area contributed by atoms with Gasteiger partial charge < -0.3 is 14.5 Å². The summed E-state index contributed by atoms with van der Waals surface area (Å²) in [6, 6.07) is 18.5. The van der Waals surface area contributed by atoms with Gasteiger partial charge in [0, 0.05) is 31.0 Å². The van der Waals surface area contributed by atoms with Gasteiger partial charge in [-0.1, -0.05) is 42.5 Å². The summed E-state index contributed by atoms with van der Waals surface area (Å²) >= 11 is 0. The molecule has 1 saturated heterocycles. The second-order valence-corrected chi connectivity index (χ2v) is 8.57. The topological polar surface area (TPSA) is 32.8 Å². The third-order valence-electron chi connectivity index (χ3n) is 6.42. The smallest absolute Gasteiger partial charge is 0.338 e. The Kier molecular flexibility index (Phi) is 5.51. The highest BCUT2D eigenvalue weighted by molar-refractivity contribution is 5.90. The molecule has 1 aliphatic heterocycles. The standard InChI is InChI=1S/C24H30N2O2/c1-25(2)22-14-13-20-15-26(3)16-21(22)23(20)28-24(27)19-11-9-18(10-12-19)17-7-5-4-6-8-17/h4-12,20-23H,13-16H2,1-3H3/t20?,21?,22-,23+/m0/s1. The number of piperidine rings is 1. The normalized spacial score (nSPS) is 27.6. The molecule has 2 aromatic carbocycles. The van der Waals surface area contributed by atoms with Gasteiger partial charge in [0.25, 0.3) is 0 Å². The van der Waals surface area contributed by atoms with Crippen LogP contribution in [0.2, 0.25) is 0 Å². The highest BCUT2D eigenvalue weighted by Gasteiger charge is 2.46. The molecule has 4 heteroatoms. The summed E-state index contributed by atoms with van der Waals surface area (Å²) in [5.41, 5.74) is 2.90. The van der Waals surface area contributed by atoms with E-state index >= 15 is 0 Å². The molecule has 2 fully saturated rings. The van der Waals surface area contributed by atoms with Crippen molar-refractivity contribution in [2.75, 3.05) is 34.2 Å². The van der Waals surface area contributed by atoms with Crippen molar-refractivity contribution in [3.63, 3.8) is 0 Å². The van der Waals surface area contributed by atoms with Gasteiger partial charge in [-0.2, -0.15) is 0 Å². The molecule has 1 heterocycles. The van der Waals surface area contributed by atoms with Gasteiger partial charge in [-0.3, -0.25) is 0 Å². The van der Waals surface area contributed by atoms with E-state index in [2.05, 4.69) is 43.1 Å². The summed E-state index contributed by atoms with van der Waals surface area (Å²) < 4.78 is 6.13. The predicted octanol–water partition coefficient (Wildman–Crippen LogP) is 3.78. The molecule has 0 N–H and O–H groups in total. The molecule has 2 bridgehead atoms. The van der Waals surface area contributed by atoms with Crippen molar-refractivity contribution in [3.8, 4) is 11.1 Å². The van der Waals surface area contributed by atoms with Crippen molar-refractivity contribution < 1.29 is 9.53 Å². The number of hydrogen-bond acceptors (Lipinski definition) is 4. The van der Waals surface area contributed by atoms with Crippen LogP contribution in [0.5, 0.6) is 0 Å². The zero-order chi connectivity index (χ0) is 19.7. The van der Waals surface area contributed by atoms with Crippen LogP contribution < -0.4 is 0 Å². The van der Waals surface area contributed by atoms with Crippen LogP contribution in [0.3, 0.4) is 0 Å². The van der Waals surface area contributed by atoms with Crippen molar-refractivity contribution >= 4 is 5.97 Å². The molecule has 1 saturated carbocycles. The first-order valence-corrected chi connectivity index (χ1v) is 10.2. The highest BCUT2D eigenvalue weighted by Crippen LogP contribution is 2.38. The molecular weight excluding hydrogens is 348 g/mol. The van der Waals surface area contributed by atoms with Crippen LogP contribution in [-0.2, 0) is 4.74 Å². The predicted molar refractivity (Wildman–Crippen MR) is 112 cm³/mol. The molecular formula is C24H30N2O2. The first-order valence-electron chi connectivity index (χ1n) is 10.2. The number of likely N-dealkylation sites (tertiary alicyclic amines) is 1. The van der Waals surface area contributed by atoms with Crippen molar-refractivity contribution in [2.24, 2.45) is 11.8 Å². The van der Waals surface area contributed by atoms with Gasteiger partial charge in [-0.15, -0.1) is 0 Å². The number of nitrogens with zero attached hydrogens (tertiary/aromatic N) is 2. The molecule has 4 atom stereocenters. The third-order valence-corrected chi connectivity index (χ3v) is 6.42. The molecule has 148 valence electrons. The molecule has 1 aliphatic carbocycles. The molecule has 0 amide bonds. The van der Waals surface area contributed by atoms with Gasteiger partial charge in [0.1, 0.15) is 6.10 Å². The van der Waals surface area contributed by atoms with E-state index in [-0.39, 0.29) is 12.1 Å². The summed E-state index contributed by atoms with van der Waals surface area (Å²) in [6.07, 6.45) is 2.32. The number of hydrogen-bond donors (Lipinski definition) is 0. The lowest BCUT2D eigenvalue weighted by Crippen LogP contribution is -2.59. The van der Waals surface area contributed by atoms with Crippen molar-refractivity contribution in [1.29, 1.82) is 0 Å². The van der Waals surface area contributed by atoms with E-state index in [0.29, 0.717) is 23.4 Å². The van der Waals surface area contributed by atoms with Crippen LogP contribution in [0.25, 0.3) is 11.1 Å². The average Bonchev–Trinajstić information content (AvgIpc) is 2.69. The maximum atomic E-state index is 12.9. The Bertz CT molecular complexity index is 803. The van der Waals surface area contributed by atoms with Crippen LogP contribution >= 0.6 is 0 Å². The molecule has 0 aromatic heterocycles. The van der Waals surface area contributed by atoms with Crippen LogP contribution in [0.15, 0.2) is 54.6 Å². The lowest BCUT2D eigenvalue weighted by molar-refractivity contribution is -0.0873. The summed E-state index contributed by atoms with van der Waals surface area (Å²) in [5.74, 6) is 0.621. The number of carbonyl (C=O) groups is 1. The lowest BCUT2D eigenvalue weighted by atomic mass is 9.72. The lowest BCUT2D eigenvalue weighted by Gasteiger charge is -2.50. The first kappa shape index (κ1) is 19.2. The first-order chi connectivity index (χ1) is 13.5. The van der Waals surface area contributed by atoms with Crippen LogP contribution in [0.1, 0.15) is 23.2 Å². The Morgan fingerprint density at radius 1 is 0.964 bits per heavy atom. The largest absolute Gasteiger partial charge is 0.458 e. The van der Waals surface area contributed by atoms with Gasteiger partial charge in [0.2, 0.25) is 0 Å². The van der Waals surface area contributed by atoms with E-state index < -0.39 is 0 Å². The fourth-order valence-corrected chi connectivity index (χ4v) is 5.03. The molecule has 4 nitrogen and oxygen atoms in total. The van der Waals surface area contributed by atoms with Crippen molar-refractivity contribution in [1.82, 2.24) is 9.80 Å². The minimum Gasteiger partial charge on any atom is -0.458 e. The second kappa shape index (κ2) is 8.06. The zero-order valence-corrected chi connectivity index (χ0v) is 17.0. The quantitative estimate of drug-likeness (QED) is 0.758. The van der Waals surface area contributed by atoms with Gasteiger partial charge in [0.15, 0.2) is 0 Å². The number of rotatable bonds is 4. The Hall–Kier alpha value is -2.17. The third kappa shape index (κ3) is 3.85. The van der Waals surface area contributed by atoms with Gasteiger partial charge in [0.05, 0.1) is 5.56 Å². The fourth-order valence-electron chi connectivity index (χ4n) is 5.03. The molecule has 4 rings (SSSR count). The Morgan fingerprint density at radius 2 is 1.64 bits per heavy atom. The molecule has 2 unspecified atom stereocenters. The molecule has 28 heavy (non-hydrogen) atoms. The van der Waals surface area contributed by atoms with E-state index in [9.17, 15) is 4.79 Å². The maximum absolute atomic E-state index is 12.9. The SMILES string of the molecule is CN1CC2CC[C@H](N(C)C)C(C1)[C@@H]2OC(=O)c1ccc(-c2ccccc2)cc1. The van der Waals surface area contributed by atoms with Gasteiger partial charge in [-0.05, 0) is 57.2 Å². The number of carbonyl (C=O) groups excluding carboxylic acids is 1. The minimum absolute atomic E-state index is 0.0126.